The van der Waals surface area contributed by atoms with Gasteiger partial charge in [0.25, 0.3) is 5.91 Å². The van der Waals surface area contributed by atoms with Gasteiger partial charge in [0, 0.05) is 19.1 Å². The van der Waals surface area contributed by atoms with Crippen molar-refractivity contribution in [3.63, 3.8) is 0 Å². The molecule has 1 saturated heterocycles. The summed E-state index contributed by atoms with van der Waals surface area (Å²) in [6.07, 6.45) is 0.499. The standard InChI is InChI=1S/C15H21FN2O3/c1-11(17)9-12-3-2-4-13(16)15(12)21-10-14(19)18-5-7-20-8-6-18/h2-4,11H,5-10,17H2,1H3. The van der Waals surface area contributed by atoms with E-state index in [1.165, 1.54) is 6.07 Å². The summed E-state index contributed by atoms with van der Waals surface area (Å²) < 4.78 is 24.5. The number of para-hydroxylation sites is 1. The van der Waals surface area contributed by atoms with E-state index < -0.39 is 5.82 Å². The summed E-state index contributed by atoms with van der Waals surface area (Å²) in [6.45, 7) is 3.82. The van der Waals surface area contributed by atoms with Crippen LogP contribution in [0.5, 0.6) is 5.75 Å². The molecule has 1 unspecified atom stereocenters. The third-order valence-corrected chi connectivity index (χ3v) is 3.29. The molecule has 0 aliphatic carbocycles. The summed E-state index contributed by atoms with van der Waals surface area (Å²) >= 11 is 0. The highest BCUT2D eigenvalue weighted by molar-refractivity contribution is 5.77. The Hall–Kier alpha value is -1.66. The molecular weight excluding hydrogens is 275 g/mol. The van der Waals surface area contributed by atoms with Crippen LogP contribution in [0.15, 0.2) is 18.2 Å². The molecule has 1 aliphatic heterocycles. The minimum atomic E-state index is -0.470. The van der Waals surface area contributed by atoms with Crippen LogP contribution in [0.25, 0.3) is 0 Å². The quantitative estimate of drug-likeness (QED) is 0.879. The van der Waals surface area contributed by atoms with E-state index in [2.05, 4.69) is 0 Å². The zero-order valence-corrected chi connectivity index (χ0v) is 12.2. The number of benzene rings is 1. The molecule has 1 amide bonds. The molecule has 0 aromatic heterocycles. The number of hydrogen-bond acceptors (Lipinski definition) is 4. The van der Waals surface area contributed by atoms with Gasteiger partial charge in [-0.2, -0.15) is 0 Å². The van der Waals surface area contributed by atoms with Crippen molar-refractivity contribution < 1.29 is 18.7 Å². The fraction of sp³-hybridized carbons (Fsp3) is 0.533. The van der Waals surface area contributed by atoms with Gasteiger partial charge in [-0.25, -0.2) is 4.39 Å². The molecule has 21 heavy (non-hydrogen) atoms. The Bertz CT molecular complexity index is 488. The maximum atomic E-state index is 13.9. The highest BCUT2D eigenvalue weighted by Gasteiger charge is 2.19. The van der Waals surface area contributed by atoms with Crippen LogP contribution in [-0.2, 0) is 16.0 Å². The number of nitrogens with zero attached hydrogens (tertiary/aromatic N) is 1. The minimum Gasteiger partial charge on any atom is -0.480 e. The molecule has 1 aromatic rings. The average molecular weight is 296 g/mol. The zero-order chi connectivity index (χ0) is 15.2. The first-order chi connectivity index (χ1) is 10.1. The fourth-order valence-electron chi connectivity index (χ4n) is 2.26. The normalized spacial score (nSPS) is 16.6. The largest absolute Gasteiger partial charge is 0.480 e. The third kappa shape index (κ3) is 4.41. The molecule has 0 radical (unpaired) electrons. The lowest BCUT2D eigenvalue weighted by atomic mass is 10.1. The van der Waals surface area contributed by atoms with Crippen LogP contribution < -0.4 is 10.5 Å². The topological polar surface area (TPSA) is 64.8 Å². The molecule has 116 valence electrons. The number of carbonyl (C=O) groups is 1. The Balaban J connectivity index is 2.00. The zero-order valence-electron chi connectivity index (χ0n) is 12.2. The first-order valence-corrected chi connectivity index (χ1v) is 7.09. The van der Waals surface area contributed by atoms with Gasteiger partial charge in [0.2, 0.25) is 0 Å². The molecule has 5 nitrogen and oxygen atoms in total. The second-order valence-electron chi connectivity index (χ2n) is 5.19. The molecule has 2 rings (SSSR count). The number of nitrogens with two attached hydrogens (primary N) is 1. The smallest absolute Gasteiger partial charge is 0.260 e. The lowest BCUT2D eigenvalue weighted by Crippen LogP contribution is -2.43. The van der Waals surface area contributed by atoms with Crippen LogP contribution in [0.1, 0.15) is 12.5 Å². The molecule has 1 fully saturated rings. The third-order valence-electron chi connectivity index (χ3n) is 3.29. The van der Waals surface area contributed by atoms with Gasteiger partial charge >= 0.3 is 0 Å². The van der Waals surface area contributed by atoms with Gasteiger partial charge in [-0.05, 0) is 25.0 Å². The van der Waals surface area contributed by atoms with E-state index >= 15 is 0 Å². The van der Waals surface area contributed by atoms with Crippen molar-refractivity contribution >= 4 is 5.91 Å². The molecule has 1 aliphatic rings. The van der Waals surface area contributed by atoms with Gasteiger partial charge in [-0.15, -0.1) is 0 Å². The monoisotopic (exact) mass is 296 g/mol. The summed E-state index contributed by atoms with van der Waals surface area (Å²) in [5.41, 5.74) is 6.43. The Morgan fingerprint density at radius 1 is 1.48 bits per heavy atom. The van der Waals surface area contributed by atoms with Crippen molar-refractivity contribution in [3.8, 4) is 5.75 Å². The van der Waals surface area contributed by atoms with Crippen LogP contribution in [0, 0.1) is 5.82 Å². The highest BCUT2D eigenvalue weighted by Crippen LogP contribution is 2.24. The van der Waals surface area contributed by atoms with Gasteiger partial charge in [0.15, 0.2) is 18.2 Å². The molecule has 1 aromatic carbocycles. The number of halogens is 1. The van der Waals surface area contributed by atoms with E-state index in [-0.39, 0.29) is 24.3 Å². The van der Waals surface area contributed by atoms with Gasteiger partial charge < -0.3 is 20.1 Å². The lowest BCUT2D eigenvalue weighted by Gasteiger charge is -2.27. The first kappa shape index (κ1) is 15.7. The number of rotatable bonds is 5. The summed E-state index contributed by atoms with van der Waals surface area (Å²) in [5, 5.41) is 0. The van der Waals surface area contributed by atoms with Gasteiger partial charge in [-0.3, -0.25) is 4.79 Å². The Morgan fingerprint density at radius 3 is 2.86 bits per heavy atom. The van der Waals surface area contributed by atoms with Crippen LogP contribution in [0.3, 0.4) is 0 Å². The predicted molar refractivity (Wildman–Crippen MR) is 76.6 cm³/mol. The summed E-state index contributed by atoms with van der Waals surface area (Å²) in [4.78, 5) is 13.7. The Kier molecular flexibility index (Phi) is 5.52. The van der Waals surface area contributed by atoms with Crippen molar-refractivity contribution in [2.24, 2.45) is 5.73 Å². The second-order valence-corrected chi connectivity index (χ2v) is 5.19. The average Bonchev–Trinajstić information content (AvgIpc) is 2.46. The first-order valence-electron chi connectivity index (χ1n) is 7.09. The number of carbonyl (C=O) groups excluding carboxylic acids is 1. The molecule has 6 heteroatoms. The van der Waals surface area contributed by atoms with E-state index in [0.29, 0.717) is 38.3 Å². The predicted octanol–water partition coefficient (Wildman–Crippen LogP) is 0.953. The van der Waals surface area contributed by atoms with Crippen LogP contribution >= 0.6 is 0 Å². The molecular formula is C15H21FN2O3. The molecule has 1 heterocycles. The van der Waals surface area contributed by atoms with E-state index in [0.717, 1.165) is 0 Å². The van der Waals surface area contributed by atoms with Gasteiger partial charge in [0.05, 0.1) is 13.2 Å². The van der Waals surface area contributed by atoms with E-state index in [1.807, 2.05) is 6.92 Å². The van der Waals surface area contributed by atoms with E-state index in [4.69, 9.17) is 15.2 Å². The fourth-order valence-corrected chi connectivity index (χ4v) is 2.26. The van der Waals surface area contributed by atoms with Gasteiger partial charge in [-0.1, -0.05) is 12.1 Å². The van der Waals surface area contributed by atoms with Crippen molar-refractivity contribution in [1.82, 2.24) is 4.90 Å². The van der Waals surface area contributed by atoms with Crippen molar-refractivity contribution in [2.45, 2.75) is 19.4 Å². The SMILES string of the molecule is CC(N)Cc1cccc(F)c1OCC(=O)N1CCOCC1. The van der Waals surface area contributed by atoms with Crippen LogP contribution in [0.4, 0.5) is 4.39 Å². The van der Waals surface area contributed by atoms with Crippen LogP contribution in [0.2, 0.25) is 0 Å². The molecule has 1 atom stereocenters. The number of ether oxygens (including phenoxy) is 2. The number of morpholine rings is 1. The van der Waals surface area contributed by atoms with E-state index in [1.54, 1.807) is 17.0 Å². The van der Waals surface area contributed by atoms with Crippen molar-refractivity contribution in [3.05, 3.63) is 29.6 Å². The molecule has 0 saturated carbocycles. The van der Waals surface area contributed by atoms with Crippen molar-refractivity contribution in [1.29, 1.82) is 0 Å². The van der Waals surface area contributed by atoms with Crippen LogP contribution in [-0.4, -0.2) is 49.8 Å². The molecule has 0 spiro atoms. The number of hydrogen-bond donors (Lipinski definition) is 1. The summed E-state index contributed by atoms with van der Waals surface area (Å²) in [7, 11) is 0. The van der Waals surface area contributed by atoms with E-state index in [9.17, 15) is 9.18 Å². The second kappa shape index (κ2) is 7.38. The molecule has 2 N–H and O–H groups in total. The Labute approximate surface area is 123 Å². The molecule has 0 bridgehead atoms. The number of amides is 1. The van der Waals surface area contributed by atoms with Crippen molar-refractivity contribution in [2.75, 3.05) is 32.9 Å². The Morgan fingerprint density at radius 2 is 2.19 bits per heavy atom. The maximum Gasteiger partial charge on any atom is 0.260 e. The maximum absolute atomic E-state index is 13.9. The minimum absolute atomic E-state index is 0.107. The summed E-state index contributed by atoms with van der Waals surface area (Å²) in [5.74, 6) is -0.507. The summed E-state index contributed by atoms with van der Waals surface area (Å²) in [6, 6.07) is 4.59. The lowest BCUT2D eigenvalue weighted by molar-refractivity contribution is -0.137. The highest BCUT2D eigenvalue weighted by atomic mass is 19.1. The van der Waals surface area contributed by atoms with Gasteiger partial charge in [0.1, 0.15) is 0 Å².